The monoisotopic (exact) mass is 269 g/mol. The van der Waals surface area contributed by atoms with Gasteiger partial charge < -0.3 is 5.32 Å². The fourth-order valence-corrected chi connectivity index (χ4v) is 3.30. The average Bonchev–Trinajstić information content (AvgIpc) is 3.07. The summed E-state index contributed by atoms with van der Waals surface area (Å²) in [6.45, 7) is 2.12. The molecule has 0 saturated heterocycles. The lowest BCUT2D eigenvalue weighted by Crippen LogP contribution is -2.27. The normalized spacial score (nSPS) is 22.8. The van der Waals surface area contributed by atoms with E-state index in [0.29, 0.717) is 11.7 Å². The number of pyridine rings is 1. The summed E-state index contributed by atoms with van der Waals surface area (Å²) in [6, 6.07) is 3.34. The molecule has 0 radical (unpaired) electrons. The molecule has 6 heteroatoms. The number of aromatic nitrogens is 1. The van der Waals surface area contributed by atoms with Crippen LogP contribution in [0.2, 0.25) is 0 Å². The van der Waals surface area contributed by atoms with Crippen molar-refractivity contribution in [2.45, 2.75) is 37.1 Å². The Kier molecular flexibility index (Phi) is 3.87. The maximum Gasteiger partial charge on any atom is 0.242 e. The molecule has 0 aromatic carbocycles. The van der Waals surface area contributed by atoms with E-state index in [1.807, 2.05) is 0 Å². The minimum atomic E-state index is -3.41. The zero-order valence-corrected chi connectivity index (χ0v) is 11.5. The molecule has 1 heterocycles. The van der Waals surface area contributed by atoms with Crippen molar-refractivity contribution in [2.75, 3.05) is 12.4 Å². The predicted octanol–water partition coefficient (Wildman–Crippen LogP) is 1.59. The number of rotatable bonds is 6. The third kappa shape index (κ3) is 3.00. The highest BCUT2D eigenvalue weighted by Crippen LogP contribution is 2.35. The fraction of sp³-hybridized carbons (Fsp3) is 0.583. The first-order chi connectivity index (χ1) is 8.56. The minimum Gasteiger partial charge on any atom is -0.373 e. The molecule has 2 atom stereocenters. The summed E-state index contributed by atoms with van der Waals surface area (Å²) in [5.41, 5.74) is 0. The molecule has 1 aliphatic carbocycles. The van der Waals surface area contributed by atoms with Gasteiger partial charge in [0.2, 0.25) is 10.0 Å². The molecule has 0 spiro atoms. The van der Waals surface area contributed by atoms with E-state index < -0.39 is 10.0 Å². The van der Waals surface area contributed by atoms with Crippen LogP contribution < -0.4 is 10.0 Å². The Morgan fingerprint density at radius 2 is 2.22 bits per heavy atom. The van der Waals surface area contributed by atoms with E-state index in [0.717, 1.165) is 19.3 Å². The molecule has 2 unspecified atom stereocenters. The summed E-state index contributed by atoms with van der Waals surface area (Å²) in [5.74, 6) is 1.17. The van der Waals surface area contributed by atoms with Gasteiger partial charge in [-0.3, -0.25) is 0 Å². The Labute approximate surface area is 108 Å². The lowest BCUT2D eigenvalue weighted by atomic mass is 10.2. The maximum atomic E-state index is 12.1. The van der Waals surface area contributed by atoms with Crippen LogP contribution in [-0.4, -0.2) is 26.5 Å². The third-order valence-corrected chi connectivity index (χ3v) is 4.67. The number of nitrogens with one attached hydrogen (secondary N) is 2. The Morgan fingerprint density at radius 1 is 1.44 bits per heavy atom. The van der Waals surface area contributed by atoms with Gasteiger partial charge in [-0.15, -0.1) is 0 Å². The molecule has 1 aromatic heterocycles. The molecule has 0 aliphatic heterocycles. The lowest BCUT2D eigenvalue weighted by molar-refractivity contribution is 0.572. The van der Waals surface area contributed by atoms with Crippen molar-refractivity contribution in [3.8, 4) is 0 Å². The second-order valence-electron chi connectivity index (χ2n) is 4.64. The summed E-state index contributed by atoms with van der Waals surface area (Å²) >= 11 is 0. The van der Waals surface area contributed by atoms with E-state index in [4.69, 9.17) is 0 Å². The van der Waals surface area contributed by atoms with Gasteiger partial charge in [-0.05, 0) is 30.9 Å². The topological polar surface area (TPSA) is 71.1 Å². The maximum absolute atomic E-state index is 12.1. The van der Waals surface area contributed by atoms with Gasteiger partial charge in [-0.25, -0.2) is 18.1 Å². The van der Waals surface area contributed by atoms with Crippen LogP contribution in [0, 0.1) is 5.92 Å². The van der Waals surface area contributed by atoms with Gasteiger partial charge in [0.1, 0.15) is 10.7 Å². The zero-order valence-electron chi connectivity index (χ0n) is 10.7. The average molecular weight is 269 g/mol. The van der Waals surface area contributed by atoms with E-state index >= 15 is 0 Å². The molecule has 1 saturated carbocycles. The number of nitrogens with zero attached hydrogens (tertiary/aromatic N) is 1. The number of anilines is 1. The molecule has 5 nitrogen and oxygen atoms in total. The zero-order chi connectivity index (χ0) is 13.2. The predicted molar refractivity (Wildman–Crippen MR) is 70.9 cm³/mol. The van der Waals surface area contributed by atoms with Crippen LogP contribution in [-0.2, 0) is 10.0 Å². The van der Waals surface area contributed by atoms with Gasteiger partial charge in [-0.2, -0.15) is 0 Å². The summed E-state index contributed by atoms with van der Waals surface area (Å²) < 4.78 is 26.9. The summed E-state index contributed by atoms with van der Waals surface area (Å²) in [7, 11) is -1.67. The largest absolute Gasteiger partial charge is 0.373 e. The molecule has 1 fully saturated rings. The van der Waals surface area contributed by atoms with E-state index in [-0.39, 0.29) is 10.9 Å². The highest BCUT2D eigenvalue weighted by Gasteiger charge is 2.39. The van der Waals surface area contributed by atoms with Crippen LogP contribution in [0.15, 0.2) is 23.2 Å². The third-order valence-electron chi connectivity index (χ3n) is 3.19. The molecule has 18 heavy (non-hydrogen) atoms. The SMILES string of the molecule is CCCC1CC1NS(=O)(=O)c1ccc(NC)nc1. The standard InChI is InChI=1S/C12H19N3O2S/c1-3-4-9-7-11(9)15-18(16,17)10-5-6-12(13-2)14-8-10/h5-6,8-9,11,15H,3-4,7H2,1-2H3,(H,13,14). The highest BCUT2D eigenvalue weighted by molar-refractivity contribution is 7.89. The van der Waals surface area contributed by atoms with Crippen LogP contribution in [0.4, 0.5) is 5.82 Å². The van der Waals surface area contributed by atoms with Crippen LogP contribution >= 0.6 is 0 Å². The molecule has 0 bridgehead atoms. The second kappa shape index (κ2) is 5.24. The molecular weight excluding hydrogens is 250 g/mol. The van der Waals surface area contributed by atoms with Crippen LogP contribution in [0.25, 0.3) is 0 Å². The van der Waals surface area contributed by atoms with Crippen molar-refractivity contribution < 1.29 is 8.42 Å². The molecule has 2 N–H and O–H groups in total. The van der Waals surface area contributed by atoms with E-state index in [2.05, 4.69) is 21.9 Å². The first kappa shape index (κ1) is 13.3. The van der Waals surface area contributed by atoms with Crippen LogP contribution in [0.1, 0.15) is 26.2 Å². The summed E-state index contributed by atoms with van der Waals surface area (Å²) in [5, 5.41) is 2.86. The summed E-state index contributed by atoms with van der Waals surface area (Å²) in [4.78, 5) is 4.24. The number of hydrogen-bond acceptors (Lipinski definition) is 4. The highest BCUT2D eigenvalue weighted by atomic mass is 32.2. The Morgan fingerprint density at radius 3 is 2.78 bits per heavy atom. The van der Waals surface area contributed by atoms with Gasteiger partial charge in [-0.1, -0.05) is 13.3 Å². The Hall–Kier alpha value is -1.14. The van der Waals surface area contributed by atoms with Crippen molar-refractivity contribution in [1.82, 2.24) is 9.71 Å². The van der Waals surface area contributed by atoms with Gasteiger partial charge in [0.15, 0.2) is 0 Å². The fourth-order valence-electron chi connectivity index (χ4n) is 2.04. The van der Waals surface area contributed by atoms with Crippen molar-refractivity contribution in [1.29, 1.82) is 0 Å². The van der Waals surface area contributed by atoms with E-state index in [1.165, 1.54) is 6.20 Å². The summed E-state index contributed by atoms with van der Waals surface area (Å²) in [6.07, 6.45) is 4.52. The second-order valence-corrected chi connectivity index (χ2v) is 6.36. The van der Waals surface area contributed by atoms with Crippen molar-refractivity contribution >= 4 is 15.8 Å². The van der Waals surface area contributed by atoms with Gasteiger partial charge >= 0.3 is 0 Å². The number of hydrogen-bond donors (Lipinski definition) is 2. The van der Waals surface area contributed by atoms with Crippen LogP contribution in [0.3, 0.4) is 0 Å². The minimum absolute atomic E-state index is 0.110. The first-order valence-electron chi connectivity index (χ1n) is 6.23. The van der Waals surface area contributed by atoms with Gasteiger partial charge in [0.05, 0.1) is 0 Å². The first-order valence-corrected chi connectivity index (χ1v) is 7.71. The van der Waals surface area contributed by atoms with Crippen LogP contribution in [0.5, 0.6) is 0 Å². The molecule has 0 amide bonds. The molecule has 100 valence electrons. The molecular formula is C12H19N3O2S. The smallest absolute Gasteiger partial charge is 0.242 e. The van der Waals surface area contributed by atoms with E-state index in [9.17, 15) is 8.42 Å². The lowest BCUT2D eigenvalue weighted by Gasteiger charge is -2.06. The Balaban J connectivity index is 2.02. The molecule has 1 aromatic rings. The van der Waals surface area contributed by atoms with Gasteiger partial charge in [0, 0.05) is 19.3 Å². The van der Waals surface area contributed by atoms with Crippen molar-refractivity contribution in [3.63, 3.8) is 0 Å². The quantitative estimate of drug-likeness (QED) is 0.822. The molecule has 2 rings (SSSR count). The van der Waals surface area contributed by atoms with Crippen molar-refractivity contribution in [3.05, 3.63) is 18.3 Å². The molecule has 1 aliphatic rings. The number of sulfonamides is 1. The Bertz CT molecular complexity index is 499. The van der Waals surface area contributed by atoms with Crippen molar-refractivity contribution in [2.24, 2.45) is 5.92 Å². The van der Waals surface area contributed by atoms with Gasteiger partial charge in [0.25, 0.3) is 0 Å². The van der Waals surface area contributed by atoms with E-state index in [1.54, 1.807) is 19.2 Å².